The third kappa shape index (κ3) is 3.73. The van der Waals surface area contributed by atoms with Gasteiger partial charge in [0.15, 0.2) is 5.82 Å². The van der Waals surface area contributed by atoms with Crippen LogP contribution >= 0.6 is 0 Å². The van der Waals surface area contributed by atoms with Gasteiger partial charge in [-0.2, -0.15) is 4.98 Å². The molecule has 0 saturated carbocycles. The van der Waals surface area contributed by atoms with Gasteiger partial charge in [-0.05, 0) is 17.5 Å². The molecule has 1 atom stereocenters. The lowest BCUT2D eigenvalue weighted by molar-refractivity contribution is -0.0135. The molecule has 1 unspecified atom stereocenters. The number of hydrogen-bond acceptors (Lipinski definition) is 5. The number of aryl methyl sites for hydroxylation is 2. The highest BCUT2D eigenvalue weighted by atomic mass is 16.5. The lowest BCUT2D eigenvalue weighted by atomic mass is 10.0. The minimum atomic E-state index is -0.250. The molecule has 3 rings (SSSR count). The molecule has 0 spiro atoms. The molecule has 24 heavy (non-hydrogen) atoms. The molecule has 1 aromatic carbocycles. The number of rotatable bonds is 4. The number of urea groups is 1. The molecule has 1 aliphatic heterocycles. The molecule has 0 bridgehead atoms. The minimum absolute atomic E-state index is 0.121. The minimum Gasteiger partial charge on any atom is -0.370 e. The highest BCUT2D eigenvalue weighted by molar-refractivity contribution is 5.87. The number of benzene rings is 1. The Morgan fingerprint density at radius 2 is 2.08 bits per heavy atom. The molecule has 1 saturated heterocycles. The maximum Gasteiger partial charge on any atom is 0.329 e. The van der Waals surface area contributed by atoms with Gasteiger partial charge in [0.25, 0.3) is 0 Å². The third-order valence-corrected chi connectivity index (χ3v) is 4.11. The Kier molecular flexibility index (Phi) is 5.10. The van der Waals surface area contributed by atoms with Crippen molar-refractivity contribution in [2.75, 3.05) is 25.0 Å². The Hall–Kier alpha value is -2.41. The van der Waals surface area contributed by atoms with Gasteiger partial charge >= 0.3 is 12.0 Å². The quantitative estimate of drug-likeness (QED) is 0.932. The van der Waals surface area contributed by atoms with E-state index in [0.29, 0.717) is 31.9 Å². The number of nitrogens with zero attached hydrogens (tertiary/aromatic N) is 3. The zero-order valence-corrected chi connectivity index (χ0v) is 14.0. The molecule has 7 heteroatoms. The lowest BCUT2D eigenvalue weighted by Crippen LogP contribution is -2.44. The van der Waals surface area contributed by atoms with E-state index in [0.717, 1.165) is 12.0 Å². The summed E-state index contributed by atoms with van der Waals surface area (Å²) in [6.45, 7) is 5.57. The van der Waals surface area contributed by atoms with Crippen LogP contribution in [0.15, 0.2) is 28.8 Å². The molecule has 2 aromatic rings. The summed E-state index contributed by atoms with van der Waals surface area (Å²) >= 11 is 0. The molecule has 2 heterocycles. The van der Waals surface area contributed by atoms with E-state index in [-0.39, 0.29) is 18.1 Å². The molecule has 1 fully saturated rings. The van der Waals surface area contributed by atoms with Crippen LogP contribution in [0.3, 0.4) is 0 Å². The Morgan fingerprint density at radius 1 is 1.29 bits per heavy atom. The van der Waals surface area contributed by atoms with Gasteiger partial charge in [0.1, 0.15) is 6.10 Å². The zero-order valence-electron chi connectivity index (χ0n) is 14.0. The summed E-state index contributed by atoms with van der Waals surface area (Å²) in [5, 5.41) is 6.42. The van der Waals surface area contributed by atoms with Crippen LogP contribution in [0.4, 0.5) is 10.8 Å². The number of amides is 2. The van der Waals surface area contributed by atoms with E-state index in [2.05, 4.69) is 46.6 Å². The first kappa shape index (κ1) is 16.4. The number of aromatic nitrogens is 2. The van der Waals surface area contributed by atoms with E-state index in [9.17, 15) is 4.79 Å². The number of nitrogens with one attached hydrogen (secondary N) is 1. The topological polar surface area (TPSA) is 80.5 Å². The zero-order chi connectivity index (χ0) is 16.9. The largest absolute Gasteiger partial charge is 0.370 e. The van der Waals surface area contributed by atoms with Crippen LogP contribution in [-0.2, 0) is 17.6 Å². The Bertz CT molecular complexity index is 683. The van der Waals surface area contributed by atoms with Crippen LogP contribution in [0.2, 0.25) is 0 Å². The van der Waals surface area contributed by atoms with Gasteiger partial charge in [-0.25, -0.2) is 4.79 Å². The smallest absolute Gasteiger partial charge is 0.329 e. The number of morpholine rings is 1. The van der Waals surface area contributed by atoms with Crippen molar-refractivity contribution in [2.24, 2.45) is 0 Å². The van der Waals surface area contributed by atoms with E-state index < -0.39 is 0 Å². The summed E-state index contributed by atoms with van der Waals surface area (Å²) in [7, 11) is 0. The Morgan fingerprint density at radius 3 is 2.75 bits per heavy atom. The van der Waals surface area contributed by atoms with E-state index >= 15 is 0 Å². The molecule has 1 aromatic heterocycles. The standard InChI is InChI=1S/C17H22N4O3/c1-3-12-5-7-13(8-6-12)14-11-21(9-10-23-14)17(22)19-16-18-15(4-2)20-24-16/h5-8,14H,3-4,9-11H2,1-2H3,(H,18,19,20,22). The van der Waals surface area contributed by atoms with Crippen LogP contribution in [-0.4, -0.2) is 40.8 Å². The van der Waals surface area contributed by atoms with Crippen molar-refractivity contribution in [1.82, 2.24) is 15.0 Å². The SMILES string of the molecule is CCc1ccc(C2CN(C(=O)Nc3nc(CC)no3)CCO2)cc1. The second-order valence-electron chi connectivity index (χ2n) is 5.70. The molecular formula is C17H22N4O3. The van der Waals surface area contributed by atoms with Crippen molar-refractivity contribution in [3.8, 4) is 0 Å². The summed E-state index contributed by atoms with van der Waals surface area (Å²) < 4.78 is 10.8. The van der Waals surface area contributed by atoms with Crippen LogP contribution in [0.1, 0.15) is 36.9 Å². The first-order chi connectivity index (χ1) is 11.7. The van der Waals surface area contributed by atoms with Crippen molar-refractivity contribution in [2.45, 2.75) is 32.8 Å². The van der Waals surface area contributed by atoms with Crippen LogP contribution in [0.5, 0.6) is 0 Å². The molecule has 1 aliphatic rings. The molecule has 0 radical (unpaired) electrons. The predicted octanol–water partition coefficient (Wildman–Crippen LogP) is 2.80. The van der Waals surface area contributed by atoms with E-state index in [1.807, 2.05) is 6.92 Å². The van der Waals surface area contributed by atoms with Crippen molar-refractivity contribution in [3.63, 3.8) is 0 Å². The lowest BCUT2D eigenvalue weighted by Gasteiger charge is -2.32. The molecule has 0 aliphatic carbocycles. The van der Waals surface area contributed by atoms with Crippen LogP contribution < -0.4 is 5.32 Å². The van der Waals surface area contributed by atoms with Crippen molar-refractivity contribution in [1.29, 1.82) is 0 Å². The fourth-order valence-corrected chi connectivity index (χ4v) is 2.62. The summed E-state index contributed by atoms with van der Waals surface area (Å²) in [5.41, 5.74) is 2.36. The van der Waals surface area contributed by atoms with Crippen molar-refractivity contribution < 1.29 is 14.1 Å². The van der Waals surface area contributed by atoms with E-state index in [1.165, 1.54) is 5.56 Å². The Balaban J connectivity index is 1.62. The first-order valence-corrected chi connectivity index (χ1v) is 8.28. The molecular weight excluding hydrogens is 308 g/mol. The van der Waals surface area contributed by atoms with Gasteiger partial charge in [-0.15, -0.1) is 0 Å². The summed E-state index contributed by atoms with van der Waals surface area (Å²) in [6.07, 6.45) is 1.54. The van der Waals surface area contributed by atoms with Gasteiger partial charge in [-0.3, -0.25) is 5.32 Å². The number of hydrogen-bond donors (Lipinski definition) is 1. The van der Waals surface area contributed by atoms with Gasteiger partial charge in [0.05, 0.1) is 13.2 Å². The normalized spacial score (nSPS) is 17.8. The third-order valence-electron chi connectivity index (χ3n) is 4.11. The van der Waals surface area contributed by atoms with Crippen LogP contribution in [0.25, 0.3) is 0 Å². The number of carbonyl (C=O) groups is 1. The molecule has 7 nitrogen and oxygen atoms in total. The average Bonchev–Trinajstić information content (AvgIpc) is 3.09. The number of ether oxygens (including phenoxy) is 1. The number of anilines is 1. The summed E-state index contributed by atoms with van der Waals surface area (Å²) in [6, 6.07) is 8.21. The van der Waals surface area contributed by atoms with E-state index in [1.54, 1.807) is 4.90 Å². The van der Waals surface area contributed by atoms with Crippen LogP contribution in [0, 0.1) is 0 Å². The highest BCUT2D eigenvalue weighted by Crippen LogP contribution is 2.23. The molecule has 1 N–H and O–H groups in total. The van der Waals surface area contributed by atoms with Gasteiger partial charge in [0, 0.05) is 13.0 Å². The maximum absolute atomic E-state index is 12.4. The van der Waals surface area contributed by atoms with Gasteiger partial charge in [-0.1, -0.05) is 43.3 Å². The highest BCUT2D eigenvalue weighted by Gasteiger charge is 2.26. The molecule has 128 valence electrons. The average molecular weight is 330 g/mol. The monoisotopic (exact) mass is 330 g/mol. The fourth-order valence-electron chi connectivity index (χ4n) is 2.62. The Labute approximate surface area is 141 Å². The van der Waals surface area contributed by atoms with Gasteiger partial charge < -0.3 is 14.2 Å². The summed E-state index contributed by atoms with van der Waals surface area (Å²) in [4.78, 5) is 18.2. The fraction of sp³-hybridized carbons (Fsp3) is 0.471. The summed E-state index contributed by atoms with van der Waals surface area (Å²) in [5.74, 6) is 0.571. The number of carbonyl (C=O) groups excluding carboxylic acids is 1. The molecule has 2 amide bonds. The van der Waals surface area contributed by atoms with Crippen molar-refractivity contribution in [3.05, 3.63) is 41.2 Å². The van der Waals surface area contributed by atoms with Crippen molar-refractivity contribution >= 4 is 12.0 Å². The van der Waals surface area contributed by atoms with Gasteiger partial charge in [0.2, 0.25) is 0 Å². The van der Waals surface area contributed by atoms with E-state index in [4.69, 9.17) is 9.26 Å². The second kappa shape index (κ2) is 7.44. The first-order valence-electron chi connectivity index (χ1n) is 8.28. The predicted molar refractivity (Wildman–Crippen MR) is 88.8 cm³/mol. The second-order valence-corrected chi connectivity index (χ2v) is 5.70. The maximum atomic E-state index is 12.4.